The summed E-state index contributed by atoms with van der Waals surface area (Å²) in [7, 11) is 0. The second kappa shape index (κ2) is 10.4. The molecule has 0 aliphatic carbocycles. The predicted molar refractivity (Wildman–Crippen MR) is 97.7 cm³/mol. The van der Waals surface area contributed by atoms with Crippen LogP contribution in [-0.4, -0.2) is 31.5 Å². The van der Waals surface area contributed by atoms with Gasteiger partial charge in [0.1, 0.15) is 5.75 Å². The zero-order chi connectivity index (χ0) is 17.9. The molecular formula is C19H21ClN2O3. The number of ether oxygens (including phenoxy) is 1. The monoisotopic (exact) mass is 360 g/mol. The van der Waals surface area contributed by atoms with Gasteiger partial charge in [-0.2, -0.15) is 0 Å². The van der Waals surface area contributed by atoms with Crippen molar-refractivity contribution in [2.24, 2.45) is 0 Å². The molecule has 0 unspecified atom stereocenters. The van der Waals surface area contributed by atoms with E-state index in [1.165, 1.54) is 0 Å². The Hall–Kier alpha value is -2.53. The molecule has 0 saturated heterocycles. The summed E-state index contributed by atoms with van der Waals surface area (Å²) in [6, 6.07) is 16.8. The SMILES string of the molecule is O=C(CCOc1ccccc1)NCC(=O)NCCc1cccc(Cl)c1. The number of halogens is 1. The Balaban J connectivity index is 1.55. The second-order valence-corrected chi connectivity index (χ2v) is 5.85. The van der Waals surface area contributed by atoms with Gasteiger partial charge in [-0.1, -0.05) is 41.9 Å². The average Bonchev–Trinajstić information content (AvgIpc) is 2.61. The van der Waals surface area contributed by atoms with Gasteiger partial charge in [-0.15, -0.1) is 0 Å². The molecular weight excluding hydrogens is 340 g/mol. The van der Waals surface area contributed by atoms with Crippen molar-refractivity contribution in [3.63, 3.8) is 0 Å². The molecule has 2 aromatic rings. The van der Waals surface area contributed by atoms with E-state index < -0.39 is 0 Å². The molecule has 0 spiro atoms. The van der Waals surface area contributed by atoms with Crippen LogP contribution in [0.15, 0.2) is 54.6 Å². The zero-order valence-electron chi connectivity index (χ0n) is 13.8. The highest BCUT2D eigenvalue weighted by Crippen LogP contribution is 2.10. The maximum absolute atomic E-state index is 11.7. The fraction of sp³-hybridized carbons (Fsp3) is 0.263. The number of carbonyl (C=O) groups excluding carboxylic acids is 2. The van der Waals surface area contributed by atoms with Crippen LogP contribution in [0.1, 0.15) is 12.0 Å². The number of hydrogen-bond acceptors (Lipinski definition) is 3. The molecule has 132 valence electrons. The zero-order valence-corrected chi connectivity index (χ0v) is 14.6. The molecule has 6 heteroatoms. The number of benzene rings is 2. The first-order valence-corrected chi connectivity index (χ1v) is 8.47. The van der Waals surface area contributed by atoms with Crippen LogP contribution in [0.3, 0.4) is 0 Å². The summed E-state index contributed by atoms with van der Waals surface area (Å²) in [6.45, 7) is 0.720. The Bertz CT molecular complexity index is 692. The van der Waals surface area contributed by atoms with Gasteiger partial charge >= 0.3 is 0 Å². The Labute approximate surface area is 152 Å². The fourth-order valence-electron chi connectivity index (χ4n) is 2.15. The second-order valence-electron chi connectivity index (χ2n) is 5.42. The molecule has 0 aromatic heterocycles. The van der Waals surface area contributed by atoms with Crippen LogP contribution in [-0.2, 0) is 16.0 Å². The van der Waals surface area contributed by atoms with Gasteiger partial charge in [-0.25, -0.2) is 0 Å². The third-order valence-electron chi connectivity index (χ3n) is 3.41. The lowest BCUT2D eigenvalue weighted by Crippen LogP contribution is -2.38. The van der Waals surface area contributed by atoms with E-state index in [0.29, 0.717) is 23.7 Å². The third-order valence-corrected chi connectivity index (χ3v) is 3.65. The Morgan fingerprint density at radius 1 is 0.960 bits per heavy atom. The van der Waals surface area contributed by atoms with E-state index in [1.807, 2.05) is 48.5 Å². The van der Waals surface area contributed by atoms with Crippen molar-refractivity contribution in [3.05, 3.63) is 65.2 Å². The van der Waals surface area contributed by atoms with Crippen LogP contribution < -0.4 is 15.4 Å². The largest absolute Gasteiger partial charge is 0.493 e. The third kappa shape index (κ3) is 7.72. The first kappa shape index (κ1) is 18.8. The van der Waals surface area contributed by atoms with Gasteiger partial charge in [0.05, 0.1) is 19.6 Å². The predicted octanol–water partition coefficient (Wildman–Crippen LogP) is 2.58. The van der Waals surface area contributed by atoms with Crippen molar-refractivity contribution in [2.75, 3.05) is 19.7 Å². The Morgan fingerprint density at radius 3 is 2.52 bits per heavy atom. The van der Waals surface area contributed by atoms with E-state index in [-0.39, 0.29) is 31.4 Å². The van der Waals surface area contributed by atoms with Crippen molar-refractivity contribution in [1.29, 1.82) is 0 Å². The number of rotatable bonds is 9. The molecule has 0 radical (unpaired) electrons. The normalized spacial score (nSPS) is 10.1. The van der Waals surface area contributed by atoms with Crippen LogP contribution in [0.25, 0.3) is 0 Å². The molecule has 0 heterocycles. The standard InChI is InChI=1S/C19H21ClN2O3/c20-16-6-4-5-15(13-16)9-11-21-19(24)14-22-18(23)10-12-25-17-7-2-1-3-8-17/h1-8,13H,9-12,14H2,(H,21,24)(H,22,23). The lowest BCUT2D eigenvalue weighted by atomic mass is 10.1. The molecule has 0 saturated carbocycles. The highest BCUT2D eigenvalue weighted by Gasteiger charge is 2.06. The van der Waals surface area contributed by atoms with Crippen molar-refractivity contribution < 1.29 is 14.3 Å². The van der Waals surface area contributed by atoms with E-state index in [1.54, 1.807) is 6.07 Å². The first-order chi connectivity index (χ1) is 12.1. The summed E-state index contributed by atoms with van der Waals surface area (Å²) < 4.78 is 5.43. The van der Waals surface area contributed by atoms with Gasteiger partial charge in [0.25, 0.3) is 0 Å². The molecule has 2 rings (SSSR count). The molecule has 0 aliphatic rings. The van der Waals surface area contributed by atoms with Crippen LogP contribution >= 0.6 is 11.6 Å². The molecule has 0 atom stereocenters. The maximum atomic E-state index is 11.7. The van der Waals surface area contributed by atoms with Crippen molar-refractivity contribution in [3.8, 4) is 5.75 Å². The summed E-state index contributed by atoms with van der Waals surface area (Å²) in [6.07, 6.45) is 0.885. The highest BCUT2D eigenvalue weighted by molar-refractivity contribution is 6.30. The van der Waals surface area contributed by atoms with Gasteiger partial charge < -0.3 is 15.4 Å². The first-order valence-electron chi connectivity index (χ1n) is 8.09. The van der Waals surface area contributed by atoms with E-state index >= 15 is 0 Å². The van der Waals surface area contributed by atoms with E-state index in [2.05, 4.69) is 10.6 Å². The molecule has 2 aromatic carbocycles. The quantitative estimate of drug-likeness (QED) is 0.722. The molecule has 25 heavy (non-hydrogen) atoms. The molecule has 2 N–H and O–H groups in total. The topological polar surface area (TPSA) is 67.4 Å². The Kier molecular flexibility index (Phi) is 7.79. The van der Waals surface area contributed by atoms with Crippen molar-refractivity contribution in [2.45, 2.75) is 12.8 Å². The minimum absolute atomic E-state index is 0.0419. The minimum atomic E-state index is -0.223. The number of nitrogens with one attached hydrogen (secondary N) is 2. The van der Waals surface area contributed by atoms with Crippen LogP contribution in [0.5, 0.6) is 5.75 Å². The van der Waals surface area contributed by atoms with Crippen LogP contribution in [0.4, 0.5) is 0 Å². The van der Waals surface area contributed by atoms with Gasteiger partial charge in [-0.3, -0.25) is 9.59 Å². The van der Waals surface area contributed by atoms with Crippen molar-refractivity contribution >= 4 is 23.4 Å². The van der Waals surface area contributed by atoms with E-state index in [0.717, 1.165) is 5.56 Å². The van der Waals surface area contributed by atoms with Gasteiger partial charge in [0.2, 0.25) is 11.8 Å². The van der Waals surface area contributed by atoms with Gasteiger partial charge in [0, 0.05) is 11.6 Å². The number of carbonyl (C=O) groups is 2. The molecule has 0 aliphatic heterocycles. The number of para-hydroxylation sites is 1. The van der Waals surface area contributed by atoms with Gasteiger partial charge in [0.15, 0.2) is 0 Å². The number of hydrogen-bond donors (Lipinski definition) is 2. The lowest BCUT2D eigenvalue weighted by molar-refractivity contribution is -0.126. The summed E-state index contributed by atoms with van der Waals surface area (Å²) in [5.74, 6) is 0.273. The van der Waals surface area contributed by atoms with Gasteiger partial charge in [-0.05, 0) is 36.2 Å². The summed E-state index contributed by atoms with van der Waals surface area (Å²) in [5, 5.41) is 6.01. The summed E-state index contributed by atoms with van der Waals surface area (Å²) >= 11 is 5.91. The maximum Gasteiger partial charge on any atom is 0.239 e. The summed E-state index contributed by atoms with van der Waals surface area (Å²) in [5.41, 5.74) is 1.05. The molecule has 0 bridgehead atoms. The fourth-order valence-corrected chi connectivity index (χ4v) is 2.36. The highest BCUT2D eigenvalue weighted by atomic mass is 35.5. The van der Waals surface area contributed by atoms with Crippen LogP contribution in [0, 0.1) is 0 Å². The van der Waals surface area contributed by atoms with Crippen molar-refractivity contribution in [1.82, 2.24) is 10.6 Å². The number of amides is 2. The van der Waals surface area contributed by atoms with Crippen LogP contribution in [0.2, 0.25) is 5.02 Å². The molecule has 5 nitrogen and oxygen atoms in total. The smallest absolute Gasteiger partial charge is 0.239 e. The molecule has 2 amide bonds. The van der Waals surface area contributed by atoms with E-state index in [4.69, 9.17) is 16.3 Å². The minimum Gasteiger partial charge on any atom is -0.493 e. The summed E-state index contributed by atoms with van der Waals surface area (Å²) in [4.78, 5) is 23.4. The van der Waals surface area contributed by atoms with E-state index in [9.17, 15) is 9.59 Å². The Morgan fingerprint density at radius 2 is 1.76 bits per heavy atom. The lowest BCUT2D eigenvalue weighted by Gasteiger charge is -2.08. The average molecular weight is 361 g/mol. The molecule has 0 fully saturated rings.